The average Bonchev–Trinajstić information content (AvgIpc) is 2.56. The lowest BCUT2D eigenvalue weighted by Gasteiger charge is -2.02. The molecule has 0 spiro atoms. The lowest BCUT2D eigenvalue weighted by atomic mass is 10.1. The molecule has 0 heterocycles. The Morgan fingerprint density at radius 2 is 1.62 bits per heavy atom. The second kappa shape index (κ2) is 15.9. The molecule has 2 atom stereocenters. The fourth-order valence-electron chi connectivity index (χ4n) is 1.84. The summed E-state index contributed by atoms with van der Waals surface area (Å²) in [6.07, 6.45) is 10.6. The van der Waals surface area contributed by atoms with Gasteiger partial charge in [-0.1, -0.05) is 56.3 Å². The van der Waals surface area contributed by atoms with Gasteiger partial charge in [-0.3, -0.25) is 4.79 Å². The second-order valence-corrected chi connectivity index (χ2v) is 5.34. The first-order valence-electron chi connectivity index (χ1n) is 8.36. The molecule has 0 bridgehead atoms. The molecular formula is C20H28O4. The van der Waals surface area contributed by atoms with Gasteiger partial charge in [0, 0.05) is 6.92 Å². The lowest BCUT2D eigenvalue weighted by molar-refractivity contribution is -0.141. The van der Waals surface area contributed by atoms with E-state index in [0.717, 1.165) is 44.9 Å². The predicted molar refractivity (Wildman–Crippen MR) is 95.9 cm³/mol. The molecule has 0 unspecified atom stereocenters. The highest BCUT2D eigenvalue weighted by atomic mass is 16.5. The highest BCUT2D eigenvalue weighted by Gasteiger charge is 1.94. The highest BCUT2D eigenvalue weighted by Crippen LogP contribution is 2.08. The first-order valence-corrected chi connectivity index (χ1v) is 8.36. The molecule has 4 nitrogen and oxygen atoms in total. The molecule has 0 aliphatic rings. The number of aliphatic hydroxyl groups excluding tert-OH is 2. The number of hydrogen-bond acceptors (Lipinski definition) is 4. The molecule has 0 aromatic rings. The fourth-order valence-corrected chi connectivity index (χ4v) is 1.84. The van der Waals surface area contributed by atoms with Crippen molar-refractivity contribution in [1.29, 1.82) is 0 Å². The maximum atomic E-state index is 10.6. The van der Waals surface area contributed by atoms with E-state index in [9.17, 15) is 9.90 Å². The van der Waals surface area contributed by atoms with Crippen molar-refractivity contribution < 1.29 is 19.7 Å². The van der Waals surface area contributed by atoms with Gasteiger partial charge in [-0.2, -0.15) is 0 Å². The molecule has 0 saturated heterocycles. The quantitative estimate of drug-likeness (QED) is 0.264. The smallest absolute Gasteiger partial charge is 0.302 e. The zero-order valence-corrected chi connectivity index (χ0v) is 14.5. The van der Waals surface area contributed by atoms with Crippen LogP contribution in [0.3, 0.4) is 0 Å². The van der Waals surface area contributed by atoms with E-state index < -0.39 is 12.2 Å². The highest BCUT2D eigenvalue weighted by molar-refractivity contribution is 5.65. The molecule has 0 amide bonds. The van der Waals surface area contributed by atoms with Crippen LogP contribution < -0.4 is 0 Å². The van der Waals surface area contributed by atoms with Crippen LogP contribution in [0.15, 0.2) is 24.8 Å². The van der Waals surface area contributed by atoms with Gasteiger partial charge in [-0.15, -0.1) is 0 Å². The lowest BCUT2D eigenvalue weighted by Crippen LogP contribution is -2.00. The van der Waals surface area contributed by atoms with Gasteiger partial charge in [0.15, 0.2) is 0 Å². The largest absolute Gasteiger partial charge is 0.466 e. The molecule has 2 N–H and O–H groups in total. The summed E-state index contributed by atoms with van der Waals surface area (Å²) >= 11 is 0. The zero-order valence-electron chi connectivity index (χ0n) is 14.5. The van der Waals surface area contributed by atoms with E-state index in [1.807, 2.05) is 6.08 Å². The molecule has 4 heteroatoms. The number of aliphatic hydroxyl groups is 2. The van der Waals surface area contributed by atoms with Crippen LogP contribution in [0.2, 0.25) is 0 Å². The molecule has 24 heavy (non-hydrogen) atoms. The Balaban J connectivity index is 3.57. The monoisotopic (exact) mass is 332 g/mol. The van der Waals surface area contributed by atoms with E-state index in [2.05, 4.69) is 30.3 Å². The summed E-state index contributed by atoms with van der Waals surface area (Å²) in [6.45, 7) is 5.34. The van der Waals surface area contributed by atoms with Gasteiger partial charge >= 0.3 is 5.97 Å². The van der Waals surface area contributed by atoms with Crippen molar-refractivity contribution in [2.75, 3.05) is 6.61 Å². The summed E-state index contributed by atoms with van der Waals surface area (Å²) in [7, 11) is 0. The minimum atomic E-state index is -0.881. The Hall–Kier alpha value is -2.01. The van der Waals surface area contributed by atoms with Crippen LogP contribution in [-0.2, 0) is 9.53 Å². The predicted octanol–water partition coefficient (Wildman–Crippen LogP) is 2.75. The molecule has 0 aliphatic carbocycles. The van der Waals surface area contributed by atoms with Crippen LogP contribution >= 0.6 is 0 Å². The van der Waals surface area contributed by atoms with E-state index in [1.54, 1.807) is 6.08 Å². The van der Waals surface area contributed by atoms with Gasteiger partial charge < -0.3 is 14.9 Å². The molecule has 0 aromatic heterocycles. The summed E-state index contributed by atoms with van der Waals surface area (Å²) < 4.78 is 4.87. The number of esters is 1. The average molecular weight is 332 g/mol. The fraction of sp³-hybridized carbons (Fsp3) is 0.550. The third-order valence-corrected chi connectivity index (χ3v) is 3.11. The van der Waals surface area contributed by atoms with Crippen molar-refractivity contribution in [3.8, 4) is 23.7 Å². The van der Waals surface area contributed by atoms with Crippen LogP contribution in [0.5, 0.6) is 0 Å². The van der Waals surface area contributed by atoms with Crippen LogP contribution in [0.1, 0.15) is 51.9 Å². The third-order valence-electron chi connectivity index (χ3n) is 3.11. The number of hydrogen-bond donors (Lipinski definition) is 2. The maximum Gasteiger partial charge on any atom is 0.302 e. The van der Waals surface area contributed by atoms with Gasteiger partial charge in [0.2, 0.25) is 0 Å². The number of unbranched alkanes of at least 4 members (excludes halogenated alkanes) is 6. The minimum absolute atomic E-state index is 0.213. The number of allylic oxidation sites excluding steroid dienone is 1. The Bertz CT molecular complexity index is 499. The Morgan fingerprint density at radius 3 is 2.25 bits per heavy atom. The number of carbonyl (C=O) groups is 1. The van der Waals surface area contributed by atoms with Crippen molar-refractivity contribution in [2.45, 2.75) is 64.1 Å². The second-order valence-electron chi connectivity index (χ2n) is 5.34. The van der Waals surface area contributed by atoms with Gasteiger partial charge in [0.05, 0.1) is 6.61 Å². The molecule has 0 saturated carbocycles. The van der Waals surface area contributed by atoms with Gasteiger partial charge in [0.1, 0.15) is 12.2 Å². The SMILES string of the molecule is C=C[C@H](O)C#CC#C[C@@H](O)C=CCCCCCCCCOC(C)=O. The molecule has 132 valence electrons. The van der Waals surface area contributed by atoms with Crippen LogP contribution in [0.25, 0.3) is 0 Å². The van der Waals surface area contributed by atoms with E-state index in [-0.39, 0.29) is 5.97 Å². The van der Waals surface area contributed by atoms with Gasteiger partial charge in [-0.05, 0) is 37.2 Å². The van der Waals surface area contributed by atoms with Crippen molar-refractivity contribution in [2.24, 2.45) is 0 Å². The first-order chi connectivity index (χ1) is 11.6. The summed E-state index contributed by atoms with van der Waals surface area (Å²) in [4.78, 5) is 10.6. The van der Waals surface area contributed by atoms with E-state index in [1.165, 1.54) is 13.0 Å². The number of rotatable bonds is 11. The Morgan fingerprint density at radius 1 is 1.04 bits per heavy atom. The minimum Gasteiger partial charge on any atom is -0.466 e. The summed E-state index contributed by atoms with van der Waals surface area (Å²) in [5.74, 6) is 9.76. The van der Waals surface area contributed by atoms with Crippen molar-refractivity contribution in [3.63, 3.8) is 0 Å². The van der Waals surface area contributed by atoms with Crippen LogP contribution in [0.4, 0.5) is 0 Å². The van der Waals surface area contributed by atoms with Gasteiger partial charge in [0.25, 0.3) is 0 Å². The topological polar surface area (TPSA) is 66.8 Å². The first kappa shape index (κ1) is 22.0. The molecule has 0 aromatic carbocycles. The van der Waals surface area contributed by atoms with E-state index >= 15 is 0 Å². The number of carbonyl (C=O) groups excluding carboxylic acids is 1. The van der Waals surface area contributed by atoms with Crippen LogP contribution in [0, 0.1) is 23.7 Å². The molecule has 0 rings (SSSR count). The zero-order chi connectivity index (χ0) is 18.0. The van der Waals surface area contributed by atoms with Crippen molar-refractivity contribution >= 4 is 5.97 Å². The normalized spacial score (nSPS) is 12.5. The Labute approximate surface area is 145 Å². The maximum absolute atomic E-state index is 10.6. The summed E-state index contributed by atoms with van der Waals surface area (Å²) in [5.41, 5.74) is 0. The van der Waals surface area contributed by atoms with Crippen molar-refractivity contribution in [3.05, 3.63) is 24.8 Å². The van der Waals surface area contributed by atoms with Gasteiger partial charge in [-0.25, -0.2) is 0 Å². The molecule has 0 fully saturated rings. The third kappa shape index (κ3) is 16.4. The number of ether oxygens (including phenoxy) is 1. The molecular weight excluding hydrogens is 304 g/mol. The van der Waals surface area contributed by atoms with E-state index in [4.69, 9.17) is 9.84 Å². The molecule has 0 aliphatic heterocycles. The van der Waals surface area contributed by atoms with Crippen molar-refractivity contribution in [1.82, 2.24) is 0 Å². The standard InChI is InChI=1S/C20H28O4/c1-3-19(22)14-11-12-16-20(23)15-10-8-6-4-5-7-9-13-17-24-18(2)21/h3,10,15,19-20,22-23H,1,4-9,13,17H2,2H3/t19-,20-/m0/s1. The molecule has 0 radical (unpaired) electrons. The van der Waals surface area contributed by atoms with Crippen LogP contribution in [-0.4, -0.2) is 35.0 Å². The van der Waals surface area contributed by atoms with E-state index in [0.29, 0.717) is 6.61 Å². The summed E-state index contributed by atoms with van der Waals surface area (Å²) in [6, 6.07) is 0. The summed E-state index contributed by atoms with van der Waals surface area (Å²) in [5, 5.41) is 18.7. The Kier molecular flexibility index (Phi) is 14.5.